The molecule has 3 aromatic rings. The largest absolute Gasteiger partial charge is 0.417 e. The number of nitrogens with one attached hydrogen (secondary N) is 1. The lowest BCUT2D eigenvalue weighted by Crippen LogP contribution is -2.23. The van der Waals surface area contributed by atoms with Gasteiger partial charge in [-0.15, -0.1) is 0 Å². The van der Waals surface area contributed by atoms with E-state index >= 15 is 0 Å². The van der Waals surface area contributed by atoms with Crippen LogP contribution in [0.1, 0.15) is 28.8 Å². The van der Waals surface area contributed by atoms with Crippen LogP contribution in [0.5, 0.6) is 0 Å². The fraction of sp³-hybridized carbons (Fsp3) is 0.208. The Morgan fingerprint density at radius 2 is 1.50 bits per heavy atom. The van der Waals surface area contributed by atoms with Gasteiger partial charge in [0.05, 0.1) is 22.5 Å². The van der Waals surface area contributed by atoms with Crippen LogP contribution in [0.15, 0.2) is 72.8 Å². The number of hydrogen-bond donors (Lipinski definition) is 1. The highest BCUT2D eigenvalue weighted by Crippen LogP contribution is 2.38. The summed E-state index contributed by atoms with van der Waals surface area (Å²) in [5.41, 5.74) is 0.838. The van der Waals surface area contributed by atoms with E-state index in [4.69, 9.17) is 0 Å². The van der Waals surface area contributed by atoms with Crippen LogP contribution in [0.25, 0.3) is 11.1 Å². The Bertz CT molecular complexity index is 1040. The lowest BCUT2D eigenvalue weighted by atomic mass is 9.94. The van der Waals surface area contributed by atoms with Gasteiger partial charge in [0.2, 0.25) is 0 Å². The molecule has 6 heteroatoms. The number of halogens is 3. The molecule has 0 unspecified atom stereocenters. The van der Waals surface area contributed by atoms with Gasteiger partial charge in [0.1, 0.15) is 0 Å². The smallest absolute Gasteiger partial charge is 0.370 e. The van der Waals surface area contributed by atoms with Gasteiger partial charge >= 0.3 is 6.18 Å². The predicted molar refractivity (Wildman–Crippen MR) is 113 cm³/mol. The molecular formula is C24H21F3N2O. The van der Waals surface area contributed by atoms with E-state index < -0.39 is 17.6 Å². The van der Waals surface area contributed by atoms with Crippen LogP contribution in [-0.2, 0) is 6.18 Å². The quantitative estimate of drug-likeness (QED) is 0.553. The summed E-state index contributed by atoms with van der Waals surface area (Å²) < 4.78 is 41.3. The number of rotatable bonds is 4. The van der Waals surface area contributed by atoms with Crippen LogP contribution < -0.4 is 10.2 Å². The molecule has 1 aliphatic rings. The monoisotopic (exact) mass is 410 g/mol. The zero-order valence-corrected chi connectivity index (χ0v) is 16.2. The van der Waals surface area contributed by atoms with Crippen molar-refractivity contribution in [2.24, 2.45) is 0 Å². The Balaban J connectivity index is 1.78. The predicted octanol–water partition coefficient (Wildman–Crippen LogP) is 6.22. The summed E-state index contributed by atoms with van der Waals surface area (Å²) in [5.74, 6) is -0.770. The number of anilines is 2. The summed E-state index contributed by atoms with van der Waals surface area (Å²) in [6, 6.07) is 19.7. The molecule has 4 rings (SSSR count). The molecule has 0 saturated carbocycles. The maximum absolute atomic E-state index is 13.8. The second-order valence-corrected chi connectivity index (χ2v) is 7.26. The summed E-state index contributed by atoms with van der Waals surface area (Å²) in [7, 11) is 0. The Morgan fingerprint density at radius 3 is 2.20 bits per heavy atom. The first kappa shape index (κ1) is 20.0. The second-order valence-electron chi connectivity index (χ2n) is 7.26. The van der Waals surface area contributed by atoms with Crippen molar-refractivity contribution >= 4 is 17.3 Å². The third-order valence-corrected chi connectivity index (χ3v) is 5.28. The third kappa shape index (κ3) is 4.03. The van der Waals surface area contributed by atoms with Crippen LogP contribution in [0.4, 0.5) is 24.5 Å². The van der Waals surface area contributed by atoms with Gasteiger partial charge in [0, 0.05) is 13.1 Å². The van der Waals surface area contributed by atoms with Crippen LogP contribution >= 0.6 is 0 Å². The Hall–Kier alpha value is -3.28. The average molecular weight is 410 g/mol. The summed E-state index contributed by atoms with van der Waals surface area (Å²) in [6.07, 6.45) is -2.54. The lowest BCUT2D eigenvalue weighted by molar-refractivity contribution is -0.137. The number of carbonyl (C=O) groups is 1. The molecule has 1 saturated heterocycles. The van der Waals surface area contributed by atoms with E-state index in [1.807, 2.05) is 12.1 Å². The highest BCUT2D eigenvalue weighted by Gasteiger charge is 2.36. The lowest BCUT2D eigenvalue weighted by Gasteiger charge is -2.22. The van der Waals surface area contributed by atoms with Gasteiger partial charge in [-0.1, -0.05) is 54.6 Å². The fourth-order valence-electron chi connectivity index (χ4n) is 3.89. The highest BCUT2D eigenvalue weighted by atomic mass is 19.4. The molecule has 154 valence electrons. The maximum atomic E-state index is 13.8. The molecule has 30 heavy (non-hydrogen) atoms. The molecule has 0 aromatic heterocycles. The number of nitrogens with zero attached hydrogens (tertiary/aromatic N) is 1. The molecule has 1 aliphatic heterocycles. The minimum Gasteiger partial charge on any atom is -0.370 e. The van der Waals surface area contributed by atoms with Gasteiger partial charge in [-0.3, -0.25) is 4.79 Å². The molecule has 1 fully saturated rings. The zero-order valence-electron chi connectivity index (χ0n) is 16.2. The standard InChI is InChI=1S/C24H21F3N2O/c25-24(26,27)19-12-8-11-18(17-9-2-1-3-10-17)22(19)23(30)28-20-13-4-5-14-21(20)29-15-6-7-16-29/h1-5,8-14H,6-7,15-16H2,(H,28,30). The van der Waals surface area contributed by atoms with Crippen molar-refractivity contribution in [3.8, 4) is 11.1 Å². The number of para-hydroxylation sites is 2. The molecule has 1 N–H and O–H groups in total. The molecular weight excluding hydrogens is 389 g/mol. The molecule has 0 spiro atoms. The van der Waals surface area contributed by atoms with Crippen LogP contribution in [0.2, 0.25) is 0 Å². The minimum absolute atomic E-state index is 0.251. The van der Waals surface area contributed by atoms with Crippen molar-refractivity contribution in [1.82, 2.24) is 0 Å². The van der Waals surface area contributed by atoms with Gasteiger partial charge in [-0.25, -0.2) is 0 Å². The second kappa shape index (κ2) is 8.22. The van der Waals surface area contributed by atoms with E-state index in [1.54, 1.807) is 48.5 Å². The Kier molecular flexibility index (Phi) is 5.48. The summed E-state index contributed by atoms with van der Waals surface area (Å²) >= 11 is 0. The fourth-order valence-corrected chi connectivity index (χ4v) is 3.89. The van der Waals surface area contributed by atoms with Crippen LogP contribution in [-0.4, -0.2) is 19.0 Å². The summed E-state index contributed by atoms with van der Waals surface area (Å²) in [6.45, 7) is 1.72. The average Bonchev–Trinajstić information content (AvgIpc) is 3.28. The molecule has 0 atom stereocenters. The molecule has 0 bridgehead atoms. The number of benzene rings is 3. The number of amides is 1. The van der Waals surface area contributed by atoms with Gasteiger partial charge in [-0.05, 0) is 42.2 Å². The minimum atomic E-state index is -4.65. The van der Waals surface area contributed by atoms with Crippen molar-refractivity contribution in [3.05, 3.63) is 83.9 Å². The third-order valence-electron chi connectivity index (χ3n) is 5.28. The summed E-state index contributed by atoms with van der Waals surface area (Å²) in [4.78, 5) is 15.4. The summed E-state index contributed by atoms with van der Waals surface area (Å²) in [5, 5.41) is 2.75. The molecule has 0 radical (unpaired) electrons. The van der Waals surface area contributed by atoms with Crippen molar-refractivity contribution < 1.29 is 18.0 Å². The van der Waals surface area contributed by atoms with Crippen molar-refractivity contribution in [2.75, 3.05) is 23.3 Å². The first-order valence-corrected chi connectivity index (χ1v) is 9.86. The van der Waals surface area contributed by atoms with Gasteiger partial charge in [0.25, 0.3) is 5.91 Å². The van der Waals surface area contributed by atoms with Gasteiger partial charge < -0.3 is 10.2 Å². The van der Waals surface area contributed by atoms with Gasteiger partial charge in [-0.2, -0.15) is 13.2 Å². The number of alkyl halides is 3. The van der Waals surface area contributed by atoms with E-state index in [9.17, 15) is 18.0 Å². The van der Waals surface area contributed by atoms with Crippen molar-refractivity contribution in [2.45, 2.75) is 19.0 Å². The van der Waals surface area contributed by atoms with E-state index in [2.05, 4.69) is 10.2 Å². The number of carbonyl (C=O) groups excluding carboxylic acids is 1. The molecule has 1 amide bonds. The Morgan fingerprint density at radius 1 is 0.833 bits per heavy atom. The van der Waals surface area contributed by atoms with E-state index in [0.29, 0.717) is 11.3 Å². The molecule has 3 aromatic carbocycles. The SMILES string of the molecule is O=C(Nc1ccccc1N1CCCC1)c1c(-c2ccccc2)cccc1C(F)(F)F. The molecule has 1 heterocycles. The highest BCUT2D eigenvalue weighted by molar-refractivity contribution is 6.11. The zero-order chi connectivity index (χ0) is 21.1. The molecule has 0 aliphatic carbocycles. The van der Waals surface area contributed by atoms with Crippen molar-refractivity contribution in [1.29, 1.82) is 0 Å². The van der Waals surface area contributed by atoms with Crippen LogP contribution in [0, 0.1) is 0 Å². The van der Waals surface area contributed by atoms with E-state index in [-0.39, 0.29) is 11.1 Å². The van der Waals surface area contributed by atoms with E-state index in [0.717, 1.165) is 37.7 Å². The Labute approximate surface area is 173 Å². The number of hydrogen-bond acceptors (Lipinski definition) is 2. The first-order chi connectivity index (χ1) is 14.4. The normalized spacial score (nSPS) is 14.0. The van der Waals surface area contributed by atoms with Gasteiger partial charge in [0.15, 0.2) is 0 Å². The van der Waals surface area contributed by atoms with E-state index in [1.165, 1.54) is 6.07 Å². The van der Waals surface area contributed by atoms with Crippen molar-refractivity contribution in [3.63, 3.8) is 0 Å². The molecule has 3 nitrogen and oxygen atoms in total. The van der Waals surface area contributed by atoms with Crippen LogP contribution in [0.3, 0.4) is 0 Å². The first-order valence-electron chi connectivity index (χ1n) is 9.86. The maximum Gasteiger partial charge on any atom is 0.417 e. The topological polar surface area (TPSA) is 32.3 Å².